The molecule has 4 nitrogen and oxygen atoms in total. The smallest absolute Gasteiger partial charge is 0.230 e. The Morgan fingerprint density at radius 3 is 2.80 bits per heavy atom. The van der Waals surface area contributed by atoms with Crippen LogP contribution in [0.15, 0.2) is 24.3 Å². The number of hydrogen-bond acceptors (Lipinski definition) is 3. The SMILES string of the molecule is CC(C)C1(N)CN(C(=O)C2CCOc3ccccc32)C1. The average molecular weight is 274 g/mol. The van der Waals surface area contributed by atoms with Crippen molar-refractivity contribution in [2.45, 2.75) is 31.7 Å². The predicted octanol–water partition coefficient (Wildman–Crippen LogP) is 1.75. The third kappa shape index (κ3) is 2.08. The number of ether oxygens (including phenoxy) is 1. The van der Waals surface area contributed by atoms with Crippen molar-refractivity contribution in [3.63, 3.8) is 0 Å². The molecule has 1 saturated heterocycles. The van der Waals surface area contributed by atoms with Gasteiger partial charge in [-0.2, -0.15) is 0 Å². The number of fused-ring (bicyclic) bond motifs is 1. The van der Waals surface area contributed by atoms with Gasteiger partial charge in [-0.05, 0) is 18.4 Å². The standard InChI is InChI=1S/C16H22N2O2/c1-11(2)16(17)9-18(10-16)15(19)13-7-8-20-14-6-4-3-5-12(13)14/h3-6,11,13H,7-10,17H2,1-2H3. The molecule has 2 aliphatic rings. The van der Waals surface area contributed by atoms with Crippen molar-refractivity contribution >= 4 is 5.91 Å². The van der Waals surface area contributed by atoms with Gasteiger partial charge in [0.1, 0.15) is 5.75 Å². The van der Waals surface area contributed by atoms with Crippen molar-refractivity contribution < 1.29 is 9.53 Å². The summed E-state index contributed by atoms with van der Waals surface area (Å²) in [6.45, 7) is 6.18. The maximum Gasteiger partial charge on any atom is 0.230 e. The van der Waals surface area contributed by atoms with E-state index in [1.165, 1.54) is 0 Å². The number of para-hydroxylation sites is 1. The fraction of sp³-hybridized carbons (Fsp3) is 0.562. The molecular weight excluding hydrogens is 252 g/mol. The number of rotatable bonds is 2. The number of nitrogens with two attached hydrogens (primary N) is 1. The molecule has 0 aliphatic carbocycles. The van der Waals surface area contributed by atoms with Crippen LogP contribution in [0.2, 0.25) is 0 Å². The Kier molecular flexibility index (Phi) is 3.21. The molecule has 1 amide bonds. The van der Waals surface area contributed by atoms with Crippen LogP contribution in [0.1, 0.15) is 31.7 Å². The summed E-state index contributed by atoms with van der Waals surface area (Å²) in [7, 11) is 0. The topological polar surface area (TPSA) is 55.6 Å². The van der Waals surface area contributed by atoms with E-state index < -0.39 is 0 Å². The van der Waals surface area contributed by atoms with Gasteiger partial charge in [0.15, 0.2) is 0 Å². The largest absolute Gasteiger partial charge is 0.493 e. The summed E-state index contributed by atoms with van der Waals surface area (Å²) in [6.07, 6.45) is 0.756. The van der Waals surface area contributed by atoms with Crippen LogP contribution < -0.4 is 10.5 Å². The van der Waals surface area contributed by atoms with Gasteiger partial charge in [-0.1, -0.05) is 32.0 Å². The van der Waals surface area contributed by atoms with Crippen molar-refractivity contribution in [2.24, 2.45) is 11.7 Å². The third-order valence-corrected chi connectivity index (χ3v) is 4.69. The number of amides is 1. The van der Waals surface area contributed by atoms with Crippen molar-refractivity contribution in [1.29, 1.82) is 0 Å². The van der Waals surface area contributed by atoms with Gasteiger partial charge in [-0.25, -0.2) is 0 Å². The first-order valence-electron chi connectivity index (χ1n) is 7.31. The second-order valence-electron chi connectivity index (χ2n) is 6.31. The molecule has 3 rings (SSSR count). The summed E-state index contributed by atoms with van der Waals surface area (Å²) < 4.78 is 5.62. The minimum Gasteiger partial charge on any atom is -0.493 e. The van der Waals surface area contributed by atoms with Crippen molar-refractivity contribution in [1.82, 2.24) is 4.90 Å². The lowest BCUT2D eigenvalue weighted by molar-refractivity contribution is -0.142. The molecule has 1 aromatic carbocycles. The van der Waals surface area contributed by atoms with Gasteiger partial charge in [-0.3, -0.25) is 4.79 Å². The highest BCUT2D eigenvalue weighted by atomic mass is 16.5. The van der Waals surface area contributed by atoms with E-state index in [0.717, 1.165) is 17.7 Å². The highest BCUT2D eigenvalue weighted by molar-refractivity contribution is 5.85. The number of hydrogen-bond donors (Lipinski definition) is 1. The quantitative estimate of drug-likeness (QED) is 0.894. The summed E-state index contributed by atoms with van der Waals surface area (Å²) in [4.78, 5) is 14.6. The molecule has 1 unspecified atom stereocenters. The Hall–Kier alpha value is -1.55. The van der Waals surface area contributed by atoms with Crippen LogP contribution in [0.5, 0.6) is 5.75 Å². The van der Waals surface area contributed by atoms with Gasteiger partial charge < -0.3 is 15.4 Å². The van der Waals surface area contributed by atoms with Crippen LogP contribution >= 0.6 is 0 Å². The van der Waals surface area contributed by atoms with Gasteiger partial charge in [0.25, 0.3) is 0 Å². The van der Waals surface area contributed by atoms with Gasteiger partial charge in [0, 0.05) is 18.7 Å². The number of carbonyl (C=O) groups excluding carboxylic acids is 1. The molecule has 1 atom stereocenters. The van der Waals surface area contributed by atoms with E-state index in [1.54, 1.807) is 0 Å². The maximum atomic E-state index is 12.7. The predicted molar refractivity (Wildman–Crippen MR) is 77.6 cm³/mol. The normalized spacial score (nSPS) is 23.8. The van der Waals surface area contributed by atoms with E-state index >= 15 is 0 Å². The Bertz CT molecular complexity index is 521. The minimum absolute atomic E-state index is 0.0725. The van der Waals surface area contributed by atoms with E-state index in [9.17, 15) is 4.79 Å². The van der Waals surface area contributed by atoms with E-state index in [4.69, 9.17) is 10.5 Å². The number of benzene rings is 1. The highest BCUT2D eigenvalue weighted by Crippen LogP contribution is 2.37. The second kappa shape index (κ2) is 4.77. The van der Waals surface area contributed by atoms with E-state index in [2.05, 4.69) is 13.8 Å². The first-order chi connectivity index (χ1) is 9.51. The molecule has 1 fully saturated rings. The van der Waals surface area contributed by atoms with Crippen LogP contribution in [0.4, 0.5) is 0 Å². The van der Waals surface area contributed by atoms with E-state index in [1.807, 2.05) is 29.2 Å². The molecule has 20 heavy (non-hydrogen) atoms. The van der Waals surface area contributed by atoms with Gasteiger partial charge >= 0.3 is 0 Å². The zero-order valence-corrected chi connectivity index (χ0v) is 12.1. The summed E-state index contributed by atoms with van der Waals surface area (Å²) in [5.74, 6) is 1.37. The lowest BCUT2D eigenvalue weighted by Gasteiger charge is -2.51. The molecule has 0 aromatic heterocycles. The van der Waals surface area contributed by atoms with Crippen LogP contribution in [-0.2, 0) is 4.79 Å². The lowest BCUT2D eigenvalue weighted by atomic mass is 9.79. The van der Waals surface area contributed by atoms with Gasteiger partial charge in [0.05, 0.1) is 18.1 Å². The number of likely N-dealkylation sites (tertiary alicyclic amines) is 1. The maximum absolute atomic E-state index is 12.7. The first kappa shape index (κ1) is 13.4. The summed E-state index contributed by atoms with van der Waals surface area (Å²) >= 11 is 0. The number of nitrogens with zero attached hydrogens (tertiary/aromatic N) is 1. The van der Waals surface area contributed by atoms with Crippen LogP contribution in [0.25, 0.3) is 0 Å². The highest BCUT2D eigenvalue weighted by Gasteiger charge is 2.46. The molecule has 4 heteroatoms. The van der Waals surface area contributed by atoms with Crippen LogP contribution in [0, 0.1) is 5.92 Å². The molecule has 0 radical (unpaired) electrons. The molecule has 0 saturated carbocycles. The fourth-order valence-electron chi connectivity index (χ4n) is 3.00. The molecule has 1 aromatic rings. The van der Waals surface area contributed by atoms with E-state index in [-0.39, 0.29) is 17.4 Å². The van der Waals surface area contributed by atoms with Crippen molar-refractivity contribution in [3.05, 3.63) is 29.8 Å². The molecule has 2 aliphatic heterocycles. The summed E-state index contributed by atoms with van der Waals surface area (Å²) in [5.41, 5.74) is 7.09. The van der Waals surface area contributed by atoms with Crippen LogP contribution in [0.3, 0.4) is 0 Å². The van der Waals surface area contributed by atoms with E-state index in [0.29, 0.717) is 25.6 Å². The summed E-state index contributed by atoms with van der Waals surface area (Å²) in [6, 6.07) is 7.84. The summed E-state index contributed by atoms with van der Waals surface area (Å²) in [5, 5.41) is 0. The van der Waals surface area contributed by atoms with Crippen LogP contribution in [-0.4, -0.2) is 36.0 Å². The van der Waals surface area contributed by atoms with Gasteiger partial charge in [-0.15, -0.1) is 0 Å². The lowest BCUT2D eigenvalue weighted by Crippen LogP contribution is -2.71. The Morgan fingerprint density at radius 1 is 1.40 bits per heavy atom. The monoisotopic (exact) mass is 274 g/mol. The molecule has 0 spiro atoms. The zero-order chi connectivity index (χ0) is 14.3. The molecular formula is C16H22N2O2. The van der Waals surface area contributed by atoms with Crippen molar-refractivity contribution in [2.75, 3.05) is 19.7 Å². The van der Waals surface area contributed by atoms with Crippen molar-refractivity contribution in [3.8, 4) is 5.75 Å². The van der Waals surface area contributed by atoms with Gasteiger partial charge in [0.2, 0.25) is 5.91 Å². The molecule has 108 valence electrons. The first-order valence-corrected chi connectivity index (χ1v) is 7.31. The molecule has 2 heterocycles. The molecule has 2 N–H and O–H groups in total. The fourth-order valence-corrected chi connectivity index (χ4v) is 3.00. The number of carbonyl (C=O) groups is 1. The molecule has 0 bridgehead atoms. The Labute approximate surface area is 119 Å². The average Bonchev–Trinajstić information content (AvgIpc) is 2.42. The minimum atomic E-state index is -0.208. The Balaban J connectivity index is 1.74. The third-order valence-electron chi connectivity index (χ3n) is 4.69. The zero-order valence-electron chi connectivity index (χ0n) is 12.1. The Morgan fingerprint density at radius 2 is 2.10 bits per heavy atom. The second-order valence-corrected chi connectivity index (χ2v) is 6.31.